The Bertz CT molecular complexity index is 494. The Balaban J connectivity index is 2.09. The highest BCUT2D eigenvalue weighted by Crippen LogP contribution is 2.22. The van der Waals surface area contributed by atoms with Gasteiger partial charge in [-0.3, -0.25) is 9.11 Å². The van der Waals surface area contributed by atoms with Crippen LogP contribution in [0, 0.1) is 23.3 Å². The molecule has 8 heteroatoms. The molecule has 2 rings (SSSR count). The molecule has 0 radical (unpaired) electrons. The maximum absolute atomic E-state index is 13.5. The van der Waals surface area contributed by atoms with Crippen LogP contribution in [0.2, 0.25) is 0 Å². The summed E-state index contributed by atoms with van der Waals surface area (Å²) in [7, 11) is -2.14. The molecule has 1 unspecified atom stereocenters. The van der Waals surface area contributed by atoms with E-state index >= 15 is 0 Å². The van der Waals surface area contributed by atoms with Gasteiger partial charge in [0.25, 0.3) is 0 Å². The molecule has 1 aliphatic rings. The van der Waals surface area contributed by atoms with Crippen molar-refractivity contribution in [3.05, 3.63) is 29.3 Å². The van der Waals surface area contributed by atoms with Crippen molar-refractivity contribution in [2.45, 2.75) is 4.90 Å². The van der Waals surface area contributed by atoms with Gasteiger partial charge in [0.05, 0.1) is 24.0 Å². The molecule has 1 aromatic carbocycles. The SMILES string of the molecule is O=S(CCN1CCOCC1)c1c(F)c(F)cc(F)c1F. The fraction of sp³-hybridized carbons (Fsp3) is 0.500. The van der Waals surface area contributed by atoms with Crippen LogP contribution >= 0.6 is 0 Å². The van der Waals surface area contributed by atoms with Gasteiger partial charge in [-0.2, -0.15) is 0 Å². The highest BCUT2D eigenvalue weighted by atomic mass is 32.2. The zero-order chi connectivity index (χ0) is 14.7. The second kappa shape index (κ2) is 6.64. The third-order valence-electron chi connectivity index (χ3n) is 3.00. The number of hydrogen-bond donors (Lipinski definition) is 0. The third-order valence-corrected chi connectivity index (χ3v) is 4.36. The average molecular weight is 311 g/mol. The molecule has 0 aromatic heterocycles. The van der Waals surface area contributed by atoms with Crippen LogP contribution in [-0.4, -0.2) is 47.7 Å². The van der Waals surface area contributed by atoms with Gasteiger partial charge in [0.1, 0.15) is 4.90 Å². The molecule has 1 saturated heterocycles. The molecule has 1 fully saturated rings. The van der Waals surface area contributed by atoms with Crippen molar-refractivity contribution in [1.82, 2.24) is 4.90 Å². The van der Waals surface area contributed by atoms with Crippen molar-refractivity contribution in [3.8, 4) is 0 Å². The van der Waals surface area contributed by atoms with Gasteiger partial charge < -0.3 is 4.74 Å². The number of morpholine rings is 1. The van der Waals surface area contributed by atoms with E-state index in [4.69, 9.17) is 4.74 Å². The fourth-order valence-corrected chi connectivity index (χ4v) is 3.11. The Labute approximate surface area is 116 Å². The maximum Gasteiger partial charge on any atom is 0.178 e. The monoisotopic (exact) mass is 311 g/mol. The van der Waals surface area contributed by atoms with Crippen molar-refractivity contribution in [1.29, 1.82) is 0 Å². The molecule has 0 N–H and O–H groups in total. The van der Waals surface area contributed by atoms with Crippen LogP contribution in [0.5, 0.6) is 0 Å². The Morgan fingerprint density at radius 1 is 1.10 bits per heavy atom. The average Bonchev–Trinajstić information content (AvgIpc) is 2.44. The summed E-state index contributed by atoms with van der Waals surface area (Å²) in [6.07, 6.45) is 0. The van der Waals surface area contributed by atoms with E-state index in [1.54, 1.807) is 0 Å². The molecule has 1 aliphatic heterocycles. The maximum atomic E-state index is 13.5. The standard InChI is InChI=1S/C12H13F4NO2S/c13-8-7-9(14)11(16)12(10(8)15)20(18)6-3-17-1-4-19-5-2-17/h7H,1-6H2. The smallest absolute Gasteiger partial charge is 0.178 e. The van der Waals surface area contributed by atoms with Crippen LogP contribution < -0.4 is 0 Å². The summed E-state index contributed by atoms with van der Waals surface area (Å²) in [6, 6.07) is 0.105. The van der Waals surface area contributed by atoms with Crippen molar-refractivity contribution in [2.75, 3.05) is 38.6 Å². The van der Waals surface area contributed by atoms with E-state index in [0.29, 0.717) is 32.8 Å². The predicted molar refractivity (Wildman–Crippen MR) is 64.8 cm³/mol. The molecular weight excluding hydrogens is 298 g/mol. The number of hydrogen-bond acceptors (Lipinski definition) is 3. The summed E-state index contributed by atoms with van der Waals surface area (Å²) < 4.78 is 70.0. The van der Waals surface area contributed by atoms with Gasteiger partial charge in [-0.25, -0.2) is 17.6 Å². The Hall–Kier alpha value is -0.990. The van der Waals surface area contributed by atoms with Crippen LogP contribution in [0.4, 0.5) is 17.6 Å². The molecule has 0 amide bonds. The number of rotatable bonds is 4. The number of benzene rings is 1. The van der Waals surface area contributed by atoms with Gasteiger partial charge >= 0.3 is 0 Å². The van der Waals surface area contributed by atoms with E-state index < -0.39 is 39.0 Å². The summed E-state index contributed by atoms with van der Waals surface area (Å²) in [4.78, 5) is 0.878. The van der Waals surface area contributed by atoms with Gasteiger partial charge in [0.2, 0.25) is 0 Å². The first-order valence-corrected chi connectivity index (χ1v) is 7.34. The molecule has 1 aromatic rings. The van der Waals surface area contributed by atoms with Crippen molar-refractivity contribution < 1.29 is 26.5 Å². The lowest BCUT2D eigenvalue weighted by Gasteiger charge is -2.26. The van der Waals surface area contributed by atoms with Crippen LogP contribution in [0.25, 0.3) is 0 Å². The summed E-state index contributed by atoms with van der Waals surface area (Å²) >= 11 is 0. The zero-order valence-electron chi connectivity index (χ0n) is 10.5. The normalized spacial score (nSPS) is 18.2. The van der Waals surface area contributed by atoms with Crippen LogP contribution in [0.15, 0.2) is 11.0 Å². The highest BCUT2D eigenvalue weighted by molar-refractivity contribution is 7.85. The van der Waals surface area contributed by atoms with E-state index in [1.165, 1.54) is 0 Å². The summed E-state index contributed by atoms with van der Waals surface area (Å²) in [5, 5.41) is 0. The lowest BCUT2D eigenvalue weighted by molar-refractivity contribution is 0.0409. The Kier molecular flexibility index (Phi) is 5.11. The highest BCUT2D eigenvalue weighted by Gasteiger charge is 2.24. The summed E-state index contributed by atoms with van der Waals surface area (Å²) in [5.74, 6) is -6.37. The van der Waals surface area contributed by atoms with Crippen molar-refractivity contribution >= 4 is 10.8 Å². The van der Waals surface area contributed by atoms with Gasteiger partial charge in [0.15, 0.2) is 23.3 Å². The van der Waals surface area contributed by atoms with Gasteiger partial charge in [-0.1, -0.05) is 0 Å². The van der Waals surface area contributed by atoms with E-state index in [0.717, 1.165) is 0 Å². The van der Waals surface area contributed by atoms with Crippen LogP contribution in [0.3, 0.4) is 0 Å². The molecule has 0 saturated carbocycles. The first-order valence-electron chi connectivity index (χ1n) is 6.02. The summed E-state index contributed by atoms with van der Waals surface area (Å²) in [6.45, 7) is 2.63. The van der Waals surface area contributed by atoms with E-state index in [9.17, 15) is 21.8 Å². The van der Waals surface area contributed by atoms with Crippen molar-refractivity contribution in [3.63, 3.8) is 0 Å². The third kappa shape index (κ3) is 3.36. The lowest BCUT2D eigenvalue weighted by atomic mass is 10.3. The first-order chi connectivity index (χ1) is 9.50. The number of ether oxygens (including phenoxy) is 1. The zero-order valence-corrected chi connectivity index (χ0v) is 11.3. The fourth-order valence-electron chi connectivity index (χ4n) is 1.89. The largest absolute Gasteiger partial charge is 0.379 e. The molecule has 112 valence electrons. The molecule has 0 aliphatic carbocycles. The van der Waals surface area contributed by atoms with E-state index in [2.05, 4.69) is 0 Å². The van der Waals surface area contributed by atoms with Crippen LogP contribution in [-0.2, 0) is 15.5 Å². The molecule has 1 atom stereocenters. The van der Waals surface area contributed by atoms with Gasteiger partial charge in [-0.15, -0.1) is 0 Å². The molecule has 20 heavy (non-hydrogen) atoms. The molecule has 0 spiro atoms. The predicted octanol–water partition coefficient (Wildman–Crippen LogP) is 1.68. The minimum absolute atomic E-state index is 0.100. The number of halogens is 4. The lowest BCUT2D eigenvalue weighted by Crippen LogP contribution is -2.38. The summed E-state index contributed by atoms with van der Waals surface area (Å²) in [5.41, 5.74) is 0. The van der Waals surface area contributed by atoms with Crippen molar-refractivity contribution in [2.24, 2.45) is 0 Å². The van der Waals surface area contributed by atoms with Gasteiger partial charge in [0, 0.05) is 31.5 Å². The topological polar surface area (TPSA) is 29.5 Å². The van der Waals surface area contributed by atoms with Gasteiger partial charge in [-0.05, 0) is 0 Å². The molecule has 3 nitrogen and oxygen atoms in total. The first kappa shape index (κ1) is 15.4. The molecule has 1 heterocycles. The number of nitrogens with zero attached hydrogens (tertiary/aromatic N) is 1. The molecular formula is C12H13F4NO2S. The van der Waals surface area contributed by atoms with E-state index in [-0.39, 0.29) is 11.8 Å². The second-order valence-electron chi connectivity index (χ2n) is 4.30. The second-order valence-corrected chi connectivity index (χ2v) is 5.81. The van der Waals surface area contributed by atoms with E-state index in [1.807, 2.05) is 4.90 Å². The Morgan fingerprint density at radius 3 is 2.20 bits per heavy atom. The molecule has 0 bridgehead atoms. The van der Waals surface area contributed by atoms with Crippen LogP contribution in [0.1, 0.15) is 0 Å². The quantitative estimate of drug-likeness (QED) is 0.626. The Morgan fingerprint density at radius 2 is 1.65 bits per heavy atom. The minimum atomic E-state index is -2.14. The minimum Gasteiger partial charge on any atom is -0.379 e.